The van der Waals surface area contributed by atoms with Gasteiger partial charge in [-0.2, -0.15) is 0 Å². The molecule has 2 aliphatic heterocycles. The fourth-order valence-corrected chi connectivity index (χ4v) is 5.89. The summed E-state index contributed by atoms with van der Waals surface area (Å²) in [5.74, 6) is -0.863. The van der Waals surface area contributed by atoms with Crippen LogP contribution in [0.5, 0.6) is 0 Å². The van der Waals surface area contributed by atoms with E-state index in [0.717, 1.165) is 43.2 Å². The van der Waals surface area contributed by atoms with E-state index in [1.807, 2.05) is 24.3 Å². The second kappa shape index (κ2) is 9.67. The fourth-order valence-electron chi connectivity index (χ4n) is 4.58. The first-order valence-corrected chi connectivity index (χ1v) is 13.0. The average Bonchev–Trinajstić information content (AvgIpc) is 2.85. The van der Waals surface area contributed by atoms with Crippen LogP contribution in [0.15, 0.2) is 82.6 Å². The Morgan fingerprint density at radius 2 is 1.86 bits per heavy atom. The lowest BCUT2D eigenvalue weighted by Gasteiger charge is -2.50. The number of anilines is 2. The standard InChI is InChI=1S/C26H26FN3O4S/c27-22-15-21(11-12-23(22)29-26(31)34-17-18-6-2-1-3-7-18)35(32,33)20-9-4-8-19(14-20)30-13-5-10-24-25(30)16-28-24/h1-4,6-9,11-12,14-15,24-25,28H,5,10,13,16-17H2,(H,29,31). The molecular weight excluding hydrogens is 469 g/mol. The van der Waals surface area contributed by atoms with Crippen LogP contribution in [0.3, 0.4) is 0 Å². The molecule has 1 amide bonds. The molecule has 9 heteroatoms. The number of benzene rings is 3. The number of fused-ring (bicyclic) bond motifs is 1. The lowest BCUT2D eigenvalue weighted by atomic mass is 9.89. The van der Waals surface area contributed by atoms with Crippen molar-refractivity contribution in [3.8, 4) is 0 Å². The molecule has 0 radical (unpaired) electrons. The van der Waals surface area contributed by atoms with Crippen molar-refractivity contribution >= 4 is 27.3 Å². The summed E-state index contributed by atoms with van der Waals surface area (Å²) in [5, 5.41) is 5.74. The molecular formula is C26H26FN3O4S. The lowest BCUT2D eigenvalue weighted by Crippen LogP contribution is -2.67. The molecule has 2 unspecified atom stereocenters. The molecule has 3 aromatic rings. The number of nitrogens with one attached hydrogen (secondary N) is 2. The van der Waals surface area contributed by atoms with Gasteiger partial charge in [0.05, 0.1) is 21.5 Å². The Morgan fingerprint density at radius 1 is 1.06 bits per heavy atom. The van der Waals surface area contributed by atoms with Crippen molar-refractivity contribution in [1.82, 2.24) is 5.32 Å². The van der Waals surface area contributed by atoms with Gasteiger partial charge in [0.25, 0.3) is 0 Å². The Labute approximate surface area is 203 Å². The molecule has 0 saturated carbocycles. The molecule has 2 N–H and O–H groups in total. The van der Waals surface area contributed by atoms with Gasteiger partial charge in [-0.15, -0.1) is 0 Å². The van der Waals surface area contributed by atoms with E-state index in [1.54, 1.807) is 24.3 Å². The number of halogens is 1. The summed E-state index contributed by atoms with van der Waals surface area (Å²) in [7, 11) is -3.95. The summed E-state index contributed by atoms with van der Waals surface area (Å²) in [6.07, 6.45) is 1.33. The minimum Gasteiger partial charge on any atom is -0.444 e. The van der Waals surface area contributed by atoms with Crippen molar-refractivity contribution in [3.05, 3.63) is 84.2 Å². The summed E-state index contributed by atoms with van der Waals surface area (Å²) in [6.45, 7) is 1.79. The molecule has 7 nitrogen and oxygen atoms in total. The third kappa shape index (κ3) is 4.87. The molecule has 0 aliphatic carbocycles. The summed E-state index contributed by atoms with van der Waals surface area (Å²) < 4.78 is 46.4. The number of sulfone groups is 1. The summed E-state index contributed by atoms with van der Waals surface area (Å²) in [4.78, 5) is 14.2. The largest absolute Gasteiger partial charge is 0.444 e. The highest BCUT2D eigenvalue weighted by Crippen LogP contribution is 2.32. The van der Waals surface area contributed by atoms with Gasteiger partial charge >= 0.3 is 6.09 Å². The maximum atomic E-state index is 14.7. The average molecular weight is 496 g/mol. The maximum Gasteiger partial charge on any atom is 0.412 e. The van der Waals surface area contributed by atoms with Crippen LogP contribution >= 0.6 is 0 Å². The molecule has 0 bridgehead atoms. The molecule has 0 spiro atoms. The van der Waals surface area contributed by atoms with Gasteiger partial charge in [0.1, 0.15) is 12.4 Å². The molecule has 2 aliphatic rings. The molecule has 2 heterocycles. The number of nitrogens with zero attached hydrogens (tertiary/aromatic N) is 1. The summed E-state index contributed by atoms with van der Waals surface area (Å²) >= 11 is 0. The normalized spacial score (nSPS) is 19.4. The van der Waals surface area contributed by atoms with Crippen LogP contribution < -0.4 is 15.5 Å². The van der Waals surface area contributed by atoms with E-state index in [-0.39, 0.29) is 22.1 Å². The molecule has 5 rings (SSSR count). The van der Waals surface area contributed by atoms with Gasteiger partial charge in [0.2, 0.25) is 9.84 Å². The third-order valence-corrected chi connectivity index (χ3v) is 8.28. The van der Waals surface area contributed by atoms with Gasteiger partial charge in [-0.25, -0.2) is 17.6 Å². The van der Waals surface area contributed by atoms with E-state index in [4.69, 9.17) is 4.74 Å². The van der Waals surface area contributed by atoms with E-state index >= 15 is 0 Å². The predicted octanol–water partition coefficient (Wildman–Crippen LogP) is 4.35. The number of hydrogen-bond acceptors (Lipinski definition) is 6. The number of amides is 1. The number of carbonyl (C=O) groups is 1. The van der Waals surface area contributed by atoms with Crippen molar-refractivity contribution in [3.63, 3.8) is 0 Å². The van der Waals surface area contributed by atoms with Crippen LogP contribution in [0.25, 0.3) is 0 Å². The Kier molecular flexibility index (Phi) is 6.44. The van der Waals surface area contributed by atoms with Crippen molar-refractivity contribution in [2.75, 3.05) is 23.3 Å². The van der Waals surface area contributed by atoms with Crippen LogP contribution in [-0.2, 0) is 21.2 Å². The zero-order chi connectivity index (χ0) is 24.4. The lowest BCUT2D eigenvalue weighted by molar-refractivity contribution is 0.155. The summed E-state index contributed by atoms with van der Waals surface area (Å²) in [6, 6.07) is 20.1. The third-order valence-electron chi connectivity index (χ3n) is 6.53. The first-order chi connectivity index (χ1) is 16.9. The number of ether oxygens (including phenoxy) is 1. The highest BCUT2D eigenvalue weighted by Gasteiger charge is 2.38. The topological polar surface area (TPSA) is 87.7 Å². The Bertz CT molecular complexity index is 1330. The van der Waals surface area contributed by atoms with E-state index in [2.05, 4.69) is 15.5 Å². The smallest absolute Gasteiger partial charge is 0.412 e. The molecule has 2 saturated heterocycles. The van der Waals surface area contributed by atoms with Crippen molar-refractivity contribution in [2.45, 2.75) is 41.3 Å². The van der Waals surface area contributed by atoms with E-state index < -0.39 is 21.7 Å². The molecule has 2 atom stereocenters. The first-order valence-electron chi connectivity index (χ1n) is 11.5. The number of piperidine rings is 1. The maximum absolute atomic E-state index is 14.7. The quantitative estimate of drug-likeness (QED) is 0.529. The van der Waals surface area contributed by atoms with Crippen LogP contribution in [0, 0.1) is 5.82 Å². The van der Waals surface area contributed by atoms with Gasteiger partial charge in [0, 0.05) is 24.8 Å². The number of carbonyl (C=O) groups excluding carboxylic acids is 1. The monoisotopic (exact) mass is 495 g/mol. The number of rotatable bonds is 6. The van der Waals surface area contributed by atoms with Crippen molar-refractivity contribution < 1.29 is 22.3 Å². The molecule has 182 valence electrons. The SMILES string of the molecule is O=C(Nc1ccc(S(=O)(=O)c2cccc(N3CCCC4NCC43)c2)cc1F)OCc1ccccc1. The molecule has 0 aromatic heterocycles. The predicted molar refractivity (Wildman–Crippen MR) is 131 cm³/mol. The van der Waals surface area contributed by atoms with Gasteiger partial charge in [-0.05, 0) is 54.8 Å². The van der Waals surface area contributed by atoms with E-state index in [1.165, 1.54) is 18.2 Å². The van der Waals surface area contributed by atoms with Gasteiger partial charge in [-0.3, -0.25) is 5.32 Å². The minimum absolute atomic E-state index is 0.0335. The zero-order valence-electron chi connectivity index (χ0n) is 19.0. The van der Waals surface area contributed by atoms with Crippen molar-refractivity contribution in [2.24, 2.45) is 0 Å². The molecule has 35 heavy (non-hydrogen) atoms. The minimum atomic E-state index is -3.95. The van der Waals surface area contributed by atoms with E-state index in [9.17, 15) is 17.6 Å². The van der Waals surface area contributed by atoms with Crippen LogP contribution in [0.4, 0.5) is 20.6 Å². The first kappa shape index (κ1) is 23.3. The Hall–Kier alpha value is -3.43. The fraction of sp³-hybridized carbons (Fsp3) is 0.269. The second-order valence-electron chi connectivity index (χ2n) is 8.75. The number of hydrogen-bond donors (Lipinski definition) is 2. The summed E-state index contributed by atoms with van der Waals surface area (Å²) in [5.41, 5.74) is 1.48. The van der Waals surface area contributed by atoms with Gasteiger partial charge in [0.15, 0.2) is 0 Å². The molecule has 2 fully saturated rings. The molecule has 3 aromatic carbocycles. The highest BCUT2D eigenvalue weighted by molar-refractivity contribution is 7.91. The van der Waals surface area contributed by atoms with Crippen molar-refractivity contribution in [1.29, 1.82) is 0 Å². The van der Waals surface area contributed by atoms with Crippen LogP contribution in [0.2, 0.25) is 0 Å². The van der Waals surface area contributed by atoms with Gasteiger partial charge < -0.3 is 15.0 Å². The Balaban J connectivity index is 1.30. The Morgan fingerprint density at radius 3 is 2.60 bits per heavy atom. The van der Waals surface area contributed by atoms with Crippen LogP contribution in [0.1, 0.15) is 18.4 Å². The van der Waals surface area contributed by atoms with E-state index in [0.29, 0.717) is 12.1 Å². The van der Waals surface area contributed by atoms with Crippen LogP contribution in [-0.4, -0.2) is 39.7 Å². The second-order valence-corrected chi connectivity index (χ2v) is 10.7. The van der Waals surface area contributed by atoms with Gasteiger partial charge in [-0.1, -0.05) is 36.4 Å². The highest BCUT2D eigenvalue weighted by atomic mass is 32.2. The zero-order valence-corrected chi connectivity index (χ0v) is 19.8.